The third-order valence-electron chi connectivity index (χ3n) is 4.39. The number of methoxy groups -OCH3 is 1. The number of amides is 1. The number of nitrogens with one attached hydrogen (secondary N) is 1. The van der Waals surface area contributed by atoms with Gasteiger partial charge >= 0.3 is 5.69 Å². The lowest BCUT2D eigenvalue weighted by atomic mass is 10.2. The van der Waals surface area contributed by atoms with Crippen LogP contribution in [0.1, 0.15) is 11.3 Å². The number of furan rings is 1. The van der Waals surface area contributed by atoms with Crippen LogP contribution in [0.25, 0.3) is 6.08 Å². The summed E-state index contributed by atoms with van der Waals surface area (Å²) >= 11 is 0. The minimum Gasteiger partial charge on any atom is -0.465 e. The summed E-state index contributed by atoms with van der Waals surface area (Å²) in [6.45, 7) is 0.371. The number of H-pyrrole nitrogens is 1. The number of carbonyl (C=O) groups is 1. The molecule has 3 N–H and O–H groups in total. The molecule has 30 heavy (non-hydrogen) atoms. The van der Waals surface area contributed by atoms with E-state index >= 15 is 0 Å². The lowest BCUT2D eigenvalue weighted by Crippen LogP contribution is -2.42. The number of hydrogen-bond donors (Lipinski definition) is 2. The van der Waals surface area contributed by atoms with Gasteiger partial charge in [0.25, 0.3) is 11.5 Å². The predicted molar refractivity (Wildman–Crippen MR) is 113 cm³/mol. The molecule has 0 aliphatic carbocycles. The topological polar surface area (TPSA) is 124 Å². The lowest BCUT2D eigenvalue weighted by Gasteiger charge is -2.23. The summed E-state index contributed by atoms with van der Waals surface area (Å²) in [5.74, 6) is -0.139. The maximum Gasteiger partial charge on any atom is 0.330 e. The number of rotatable bonds is 8. The van der Waals surface area contributed by atoms with E-state index in [1.165, 1.54) is 35.0 Å². The molecule has 0 saturated heterocycles. The molecular formula is C21H22N4O5. The molecule has 9 nitrogen and oxygen atoms in total. The third kappa shape index (κ3) is 4.76. The van der Waals surface area contributed by atoms with Gasteiger partial charge in [-0.3, -0.25) is 24.0 Å². The second-order valence-electron chi connectivity index (χ2n) is 6.40. The predicted octanol–water partition coefficient (Wildman–Crippen LogP) is 1.45. The van der Waals surface area contributed by atoms with E-state index in [9.17, 15) is 14.4 Å². The summed E-state index contributed by atoms with van der Waals surface area (Å²) in [5.41, 5.74) is 5.49. The van der Waals surface area contributed by atoms with Crippen molar-refractivity contribution in [1.29, 1.82) is 0 Å². The highest BCUT2D eigenvalue weighted by molar-refractivity contribution is 6.04. The Kier molecular flexibility index (Phi) is 6.66. The van der Waals surface area contributed by atoms with Gasteiger partial charge in [0.1, 0.15) is 11.6 Å². The van der Waals surface area contributed by atoms with Crippen LogP contribution in [0.4, 0.5) is 11.5 Å². The summed E-state index contributed by atoms with van der Waals surface area (Å²) in [6, 6.07) is 12.5. The first kappa shape index (κ1) is 20.9. The van der Waals surface area contributed by atoms with Gasteiger partial charge in [-0.2, -0.15) is 0 Å². The fourth-order valence-electron chi connectivity index (χ4n) is 2.91. The molecule has 9 heteroatoms. The molecule has 0 fully saturated rings. The van der Waals surface area contributed by atoms with Gasteiger partial charge in [-0.05, 0) is 23.8 Å². The molecule has 2 aromatic heterocycles. The summed E-state index contributed by atoms with van der Waals surface area (Å²) in [4.78, 5) is 41.2. The first-order valence-electron chi connectivity index (χ1n) is 9.19. The third-order valence-corrected chi connectivity index (χ3v) is 4.39. The molecule has 2 heterocycles. The van der Waals surface area contributed by atoms with Crippen molar-refractivity contribution in [2.24, 2.45) is 0 Å². The van der Waals surface area contributed by atoms with Crippen LogP contribution in [0.15, 0.2) is 68.8 Å². The van der Waals surface area contributed by atoms with E-state index in [1.807, 2.05) is 30.3 Å². The highest BCUT2D eigenvalue weighted by Crippen LogP contribution is 2.18. The number of aromatic nitrogens is 2. The van der Waals surface area contributed by atoms with Crippen molar-refractivity contribution in [2.45, 2.75) is 6.54 Å². The maximum absolute atomic E-state index is 12.8. The summed E-state index contributed by atoms with van der Waals surface area (Å²) in [6.07, 6.45) is 4.22. The number of benzene rings is 1. The standard InChI is InChI=1S/C21H22N4O5/c1-29-13-11-24(17(26)10-9-16-8-5-12-30-16)18-19(22)25(21(28)23-20(18)27)14-15-6-3-2-4-7-15/h2-10,12H,11,13-14,22H2,1H3,(H,23,27,28). The van der Waals surface area contributed by atoms with Gasteiger partial charge in [-0.25, -0.2) is 4.79 Å². The van der Waals surface area contributed by atoms with Gasteiger partial charge in [0.15, 0.2) is 5.69 Å². The molecule has 1 amide bonds. The fourth-order valence-corrected chi connectivity index (χ4v) is 2.91. The van der Waals surface area contributed by atoms with Crippen molar-refractivity contribution >= 4 is 23.5 Å². The van der Waals surface area contributed by atoms with E-state index in [2.05, 4.69) is 4.98 Å². The minimum absolute atomic E-state index is 0.0641. The zero-order valence-electron chi connectivity index (χ0n) is 16.4. The van der Waals surface area contributed by atoms with E-state index in [-0.39, 0.29) is 31.2 Å². The second kappa shape index (κ2) is 9.57. The number of hydrogen-bond acceptors (Lipinski definition) is 6. The average Bonchev–Trinajstić information content (AvgIpc) is 3.26. The van der Waals surface area contributed by atoms with Gasteiger partial charge in [0.2, 0.25) is 0 Å². The summed E-state index contributed by atoms with van der Waals surface area (Å²) < 4.78 is 11.5. The Morgan fingerprint density at radius 3 is 2.67 bits per heavy atom. The van der Waals surface area contributed by atoms with E-state index in [0.29, 0.717) is 5.76 Å². The smallest absolute Gasteiger partial charge is 0.330 e. The molecule has 0 aliphatic rings. The Labute approximate surface area is 172 Å². The number of nitrogens with zero attached hydrogens (tertiary/aromatic N) is 2. The first-order valence-corrected chi connectivity index (χ1v) is 9.19. The van der Waals surface area contributed by atoms with E-state index < -0.39 is 17.2 Å². The Morgan fingerprint density at radius 2 is 2.00 bits per heavy atom. The summed E-state index contributed by atoms with van der Waals surface area (Å²) in [7, 11) is 1.48. The monoisotopic (exact) mass is 410 g/mol. The van der Waals surface area contributed by atoms with Crippen molar-refractivity contribution in [2.75, 3.05) is 30.9 Å². The average molecular weight is 410 g/mol. The molecule has 0 bridgehead atoms. The van der Waals surface area contributed by atoms with Crippen molar-refractivity contribution in [3.05, 3.63) is 87.0 Å². The Bertz CT molecular complexity index is 1130. The molecule has 156 valence electrons. The van der Waals surface area contributed by atoms with Crippen LogP contribution in [0.5, 0.6) is 0 Å². The van der Waals surface area contributed by atoms with Crippen molar-refractivity contribution in [3.8, 4) is 0 Å². The second-order valence-corrected chi connectivity index (χ2v) is 6.40. The number of nitrogen functional groups attached to an aromatic ring is 1. The molecule has 0 unspecified atom stereocenters. The molecule has 0 spiro atoms. The van der Waals surface area contributed by atoms with Gasteiger partial charge in [0, 0.05) is 19.7 Å². The van der Waals surface area contributed by atoms with Crippen LogP contribution >= 0.6 is 0 Å². The first-order chi connectivity index (χ1) is 14.5. The normalized spacial score (nSPS) is 11.1. The zero-order valence-corrected chi connectivity index (χ0v) is 16.4. The fraction of sp³-hybridized carbons (Fsp3) is 0.190. The SMILES string of the molecule is COCCN(C(=O)C=Cc1ccco1)c1c(N)n(Cc2ccccc2)c(=O)[nH]c1=O. The quantitative estimate of drug-likeness (QED) is 0.542. The van der Waals surface area contributed by atoms with Crippen LogP contribution in [0.2, 0.25) is 0 Å². The van der Waals surface area contributed by atoms with Crippen LogP contribution in [0, 0.1) is 0 Å². The molecule has 0 radical (unpaired) electrons. The number of ether oxygens (including phenoxy) is 1. The van der Waals surface area contributed by atoms with E-state index in [4.69, 9.17) is 14.9 Å². The van der Waals surface area contributed by atoms with Crippen LogP contribution in [-0.2, 0) is 16.1 Å². The highest BCUT2D eigenvalue weighted by atomic mass is 16.5. The van der Waals surface area contributed by atoms with Gasteiger partial charge in [-0.1, -0.05) is 30.3 Å². The Balaban J connectivity index is 2.01. The molecule has 0 saturated carbocycles. The van der Waals surface area contributed by atoms with Crippen molar-refractivity contribution in [1.82, 2.24) is 9.55 Å². The highest BCUT2D eigenvalue weighted by Gasteiger charge is 2.23. The number of anilines is 2. The Hall–Kier alpha value is -3.85. The van der Waals surface area contributed by atoms with Crippen molar-refractivity contribution < 1.29 is 13.9 Å². The molecule has 0 aliphatic heterocycles. The number of aromatic amines is 1. The van der Waals surface area contributed by atoms with Crippen LogP contribution in [0.3, 0.4) is 0 Å². The number of nitrogens with two attached hydrogens (primary N) is 1. The zero-order chi connectivity index (χ0) is 21.5. The van der Waals surface area contributed by atoms with Gasteiger partial charge in [-0.15, -0.1) is 0 Å². The Morgan fingerprint density at radius 1 is 1.23 bits per heavy atom. The molecular weight excluding hydrogens is 388 g/mol. The van der Waals surface area contributed by atoms with Crippen LogP contribution in [-0.4, -0.2) is 35.7 Å². The number of carbonyl (C=O) groups excluding carboxylic acids is 1. The summed E-state index contributed by atoms with van der Waals surface area (Å²) in [5, 5.41) is 0. The minimum atomic E-state index is -0.752. The van der Waals surface area contributed by atoms with E-state index in [0.717, 1.165) is 5.56 Å². The van der Waals surface area contributed by atoms with Gasteiger partial charge in [0.05, 0.1) is 19.4 Å². The van der Waals surface area contributed by atoms with Gasteiger partial charge < -0.3 is 14.9 Å². The molecule has 3 aromatic rings. The lowest BCUT2D eigenvalue weighted by molar-refractivity contribution is -0.114. The van der Waals surface area contributed by atoms with Crippen LogP contribution < -0.4 is 21.9 Å². The van der Waals surface area contributed by atoms with Crippen molar-refractivity contribution in [3.63, 3.8) is 0 Å². The molecule has 0 atom stereocenters. The maximum atomic E-state index is 12.8. The largest absolute Gasteiger partial charge is 0.465 e. The molecule has 3 rings (SSSR count). The van der Waals surface area contributed by atoms with E-state index in [1.54, 1.807) is 12.1 Å². The molecule has 1 aromatic carbocycles.